The van der Waals surface area contributed by atoms with Gasteiger partial charge in [0.2, 0.25) is 11.8 Å². The molecule has 4 heterocycles. The van der Waals surface area contributed by atoms with Crippen molar-refractivity contribution in [2.75, 3.05) is 5.73 Å². The van der Waals surface area contributed by atoms with E-state index in [1.165, 1.54) is 0 Å². The fraction of sp³-hybridized carbons (Fsp3) is 0.333. The highest BCUT2D eigenvalue weighted by Gasteiger charge is 2.35. The standard InChI is InChI=1S/C24H26N6O2/c1-3-18-15(2)13-19(32-18)30-21(17-11-7-8-12-26-17)27-20-22(30)28-24(25)29-23(20)31-14-16-9-5-4-6-10-16/h4-12,15,18-19H,3,13-14H2,1-2H3,(H2,25,28,29). The van der Waals surface area contributed by atoms with Gasteiger partial charge in [0, 0.05) is 6.20 Å². The zero-order valence-corrected chi connectivity index (χ0v) is 18.2. The van der Waals surface area contributed by atoms with E-state index in [9.17, 15) is 0 Å². The van der Waals surface area contributed by atoms with E-state index in [-0.39, 0.29) is 18.3 Å². The molecule has 0 spiro atoms. The van der Waals surface area contributed by atoms with Gasteiger partial charge in [-0.25, -0.2) is 4.98 Å². The predicted molar refractivity (Wildman–Crippen MR) is 122 cm³/mol. The molecule has 1 aromatic carbocycles. The summed E-state index contributed by atoms with van der Waals surface area (Å²) < 4.78 is 14.4. The first-order valence-corrected chi connectivity index (χ1v) is 10.9. The molecule has 2 N–H and O–H groups in total. The molecule has 1 aliphatic heterocycles. The lowest BCUT2D eigenvalue weighted by atomic mass is 10.0. The van der Waals surface area contributed by atoms with Crippen molar-refractivity contribution in [3.8, 4) is 17.4 Å². The second kappa shape index (κ2) is 8.55. The zero-order chi connectivity index (χ0) is 22.1. The van der Waals surface area contributed by atoms with Gasteiger partial charge in [-0.05, 0) is 36.5 Å². The lowest BCUT2D eigenvalue weighted by Gasteiger charge is -2.17. The first-order chi connectivity index (χ1) is 15.6. The number of fused-ring (bicyclic) bond motifs is 1. The Hall–Kier alpha value is -3.52. The number of imidazole rings is 1. The van der Waals surface area contributed by atoms with Crippen LogP contribution in [-0.4, -0.2) is 30.6 Å². The molecule has 0 amide bonds. The van der Waals surface area contributed by atoms with Crippen LogP contribution in [0.15, 0.2) is 54.7 Å². The maximum Gasteiger partial charge on any atom is 0.247 e. The van der Waals surface area contributed by atoms with Gasteiger partial charge in [0.1, 0.15) is 18.5 Å². The van der Waals surface area contributed by atoms with Gasteiger partial charge in [-0.3, -0.25) is 9.55 Å². The Balaban J connectivity index is 1.62. The SMILES string of the molecule is CCC1OC(n2c(-c3ccccn3)nc3c(OCc4ccccc4)nc(N)nc32)CC1C. The molecular formula is C24H26N6O2. The number of anilines is 1. The Bertz CT molecular complexity index is 1210. The van der Waals surface area contributed by atoms with E-state index < -0.39 is 0 Å². The van der Waals surface area contributed by atoms with Crippen LogP contribution in [0.1, 0.15) is 38.5 Å². The summed E-state index contributed by atoms with van der Waals surface area (Å²) >= 11 is 0. The molecule has 0 aliphatic carbocycles. The Kier molecular flexibility index (Phi) is 5.45. The molecule has 0 radical (unpaired) electrons. The summed E-state index contributed by atoms with van der Waals surface area (Å²) in [5.41, 5.74) is 8.99. The second-order valence-corrected chi connectivity index (χ2v) is 8.10. The molecule has 3 unspecified atom stereocenters. The molecule has 1 aliphatic rings. The molecule has 0 bridgehead atoms. The minimum atomic E-state index is -0.215. The number of nitrogen functional groups attached to an aromatic ring is 1. The Labute approximate surface area is 186 Å². The number of aromatic nitrogens is 5. The monoisotopic (exact) mass is 430 g/mol. The van der Waals surface area contributed by atoms with Gasteiger partial charge in [0.25, 0.3) is 0 Å². The number of hydrogen-bond acceptors (Lipinski definition) is 7. The van der Waals surface area contributed by atoms with E-state index in [1.807, 2.05) is 53.1 Å². The minimum absolute atomic E-state index is 0.132. The minimum Gasteiger partial charge on any atom is -0.471 e. The van der Waals surface area contributed by atoms with Gasteiger partial charge >= 0.3 is 0 Å². The number of pyridine rings is 1. The smallest absolute Gasteiger partial charge is 0.247 e. The number of ether oxygens (including phenoxy) is 2. The predicted octanol–water partition coefficient (Wildman–Crippen LogP) is 4.38. The molecule has 4 aromatic rings. The Morgan fingerprint density at radius 1 is 1.09 bits per heavy atom. The quantitative estimate of drug-likeness (QED) is 0.484. The largest absolute Gasteiger partial charge is 0.471 e. The summed E-state index contributed by atoms with van der Waals surface area (Å²) in [6.45, 7) is 4.71. The number of benzene rings is 1. The molecule has 1 fully saturated rings. The molecule has 164 valence electrons. The van der Waals surface area contributed by atoms with Gasteiger partial charge in [0.05, 0.1) is 6.10 Å². The van der Waals surface area contributed by atoms with Gasteiger partial charge in [0.15, 0.2) is 17.0 Å². The fourth-order valence-electron chi connectivity index (χ4n) is 4.27. The van der Waals surface area contributed by atoms with Crippen LogP contribution in [0.5, 0.6) is 5.88 Å². The van der Waals surface area contributed by atoms with E-state index in [4.69, 9.17) is 20.2 Å². The molecular weight excluding hydrogens is 404 g/mol. The summed E-state index contributed by atoms with van der Waals surface area (Å²) in [4.78, 5) is 18.3. The van der Waals surface area contributed by atoms with Crippen LogP contribution in [0.2, 0.25) is 0 Å². The topological polar surface area (TPSA) is 101 Å². The average molecular weight is 431 g/mol. The summed E-state index contributed by atoms with van der Waals surface area (Å²) in [6, 6.07) is 15.6. The highest BCUT2D eigenvalue weighted by Crippen LogP contribution is 2.40. The lowest BCUT2D eigenvalue weighted by Crippen LogP contribution is -2.14. The van der Waals surface area contributed by atoms with E-state index in [1.54, 1.807) is 6.20 Å². The van der Waals surface area contributed by atoms with Crippen LogP contribution in [0, 0.1) is 5.92 Å². The molecule has 32 heavy (non-hydrogen) atoms. The maximum atomic E-state index is 6.40. The van der Waals surface area contributed by atoms with E-state index in [0.29, 0.717) is 35.4 Å². The third-order valence-corrected chi connectivity index (χ3v) is 5.87. The molecule has 1 saturated heterocycles. The van der Waals surface area contributed by atoms with Crippen molar-refractivity contribution in [3.63, 3.8) is 0 Å². The van der Waals surface area contributed by atoms with Gasteiger partial charge in [-0.1, -0.05) is 50.2 Å². The molecule has 0 saturated carbocycles. The highest BCUT2D eigenvalue weighted by atomic mass is 16.5. The number of rotatable bonds is 6. The number of nitrogens with two attached hydrogens (primary N) is 1. The summed E-state index contributed by atoms with van der Waals surface area (Å²) in [5, 5.41) is 0. The van der Waals surface area contributed by atoms with Crippen molar-refractivity contribution < 1.29 is 9.47 Å². The summed E-state index contributed by atoms with van der Waals surface area (Å²) in [6.07, 6.45) is 3.52. The second-order valence-electron chi connectivity index (χ2n) is 8.10. The van der Waals surface area contributed by atoms with Crippen molar-refractivity contribution in [1.29, 1.82) is 0 Å². The fourth-order valence-corrected chi connectivity index (χ4v) is 4.27. The Morgan fingerprint density at radius 2 is 1.91 bits per heavy atom. The number of hydrogen-bond donors (Lipinski definition) is 1. The van der Waals surface area contributed by atoms with Crippen LogP contribution >= 0.6 is 0 Å². The molecule has 5 rings (SSSR count). The van der Waals surface area contributed by atoms with Crippen molar-refractivity contribution >= 4 is 17.1 Å². The van der Waals surface area contributed by atoms with Crippen molar-refractivity contribution in [2.24, 2.45) is 5.92 Å². The van der Waals surface area contributed by atoms with Gasteiger partial charge < -0.3 is 15.2 Å². The van der Waals surface area contributed by atoms with Gasteiger partial charge in [-0.2, -0.15) is 9.97 Å². The van der Waals surface area contributed by atoms with E-state index in [2.05, 4.69) is 28.8 Å². The maximum absolute atomic E-state index is 6.40. The molecule has 3 aromatic heterocycles. The molecule has 8 nitrogen and oxygen atoms in total. The van der Waals surface area contributed by atoms with Crippen LogP contribution in [0.25, 0.3) is 22.7 Å². The van der Waals surface area contributed by atoms with E-state index in [0.717, 1.165) is 24.1 Å². The number of nitrogens with zero attached hydrogens (tertiary/aromatic N) is 5. The lowest BCUT2D eigenvalue weighted by molar-refractivity contribution is -0.00216. The van der Waals surface area contributed by atoms with E-state index >= 15 is 0 Å². The average Bonchev–Trinajstić information content (AvgIpc) is 3.38. The van der Waals surface area contributed by atoms with Crippen LogP contribution in [-0.2, 0) is 11.3 Å². The van der Waals surface area contributed by atoms with Crippen molar-refractivity contribution in [1.82, 2.24) is 24.5 Å². The van der Waals surface area contributed by atoms with Crippen molar-refractivity contribution in [3.05, 3.63) is 60.3 Å². The summed E-state index contributed by atoms with van der Waals surface area (Å²) in [5.74, 6) is 1.57. The first kappa shape index (κ1) is 20.4. The molecule has 8 heteroatoms. The highest BCUT2D eigenvalue weighted by molar-refractivity contribution is 5.82. The van der Waals surface area contributed by atoms with Crippen LogP contribution in [0.3, 0.4) is 0 Å². The zero-order valence-electron chi connectivity index (χ0n) is 18.2. The first-order valence-electron chi connectivity index (χ1n) is 10.9. The van der Waals surface area contributed by atoms with Crippen LogP contribution in [0.4, 0.5) is 5.95 Å². The summed E-state index contributed by atoms with van der Waals surface area (Å²) in [7, 11) is 0. The Morgan fingerprint density at radius 3 is 2.62 bits per heavy atom. The van der Waals surface area contributed by atoms with Gasteiger partial charge in [-0.15, -0.1) is 0 Å². The van der Waals surface area contributed by atoms with Crippen molar-refractivity contribution in [2.45, 2.75) is 45.6 Å². The third-order valence-electron chi connectivity index (χ3n) is 5.87. The normalized spacial score (nSPS) is 20.6. The van der Waals surface area contributed by atoms with Crippen LogP contribution < -0.4 is 10.5 Å². The molecule has 3 atom stereocenters. The third kappa shape index (κ3) is 3.78.